The first-order chi connectivity index (χ1) is 12.2. The second-order valence-electron chi connectivity index (χ2n) is 7.68. The average molecular weight is 383 g/mol. The van der Waals surface area contributed by atoms with Gasteiger partial charge in [-0.15, -0.1) is 12.4 Å². The minimum Gasteiger partial charge on any atom is -0.335 e. The molecule has 2 N–H and O–H groups in total. The van der Waals surface area contributed by atoms with Crippen LogP contribution in [0, 0.1) is 0 Å². The zero-order valence-electron chi connectivity index (χ0n) is 15.7. The van der Waals surface area contributed by atoms with Crippen molar-refractivity contribution in [3.05, 3.63) is 17.0 Å². The van der Waals surface area contributed by atoms with Crippen LogP contribution >= 0.6 is 12.4 Å². The average Bonchev–Trinajstić information content (AvgIpc) is 3.08. The number of carbonyl (C=O) groups is 1. The zero-order chi connectivity index (χ0) is 17.2. The second-order valence-corrected chi connectivity index (χ2v) is 7.68. The van der Waals surface area contributed by atoms with Gasteiger partial charge in [0, 0.05) is 69.5 Å². The number of aromatic nitrogens is 2. The lowest BCUT2D eigenvalue weighted by atomic mass is 10.0. The number of likely N-dealkylation sites (tertiary alicyclic amines) is 1. The fraction of sp³-hybridized carbons (Fsp3) is 0.778. The molecule has 0 saturated carbocycles. The van der Waals surface area contributed by atoms with Crippen molar-refractivity contribution < 1.29 is 4.79 Å². The van der Waals surface area contributed by atoms with Crippen LogP contribution in [0.5, 0.6) is 0 Å². The van der Waals surface area contributed by atoms with E-state index in [1.165, 1.54) is 25.8 Å². The summed E-state index contributed by atoms with van der Waals surface area (Å²) in [4.78, 5) is 19.9. The van der Waals surface area contributed by atoms with Crippen molar-refractivity contribution in [3.63, 3.8) is 0 Å². The van der Waals surface area contributed by atoms with Crippen LogP contribution in [0.4, 0.5) is 0 Å². The predicted octanol–water partition coefficient (Wildman–Crippen LogP) is 0.719. The van der Waals surface area contributed by atoms with Gasteiger partial charge in [-0.05, 0) is 26.4 Å². The molecule has 7 nitrogen and oxygen atoms in total. The number of fused-ring (bicyclic) bond motifs is 1. The Morgan fingerprint density at radius 2 is 2.00 bits per heavy atom. The van der Waals surface area contributed by atoms with Gasteiger partial charge >= 0.3 is 0 Å². The lowest BCUT2D eigenvalue weighted by Gasteiger charge is -2.40. The minimum absolute atomic E-state index is 0. The van der Waals surface area contributed by atoms with Gasteiger partial charge in [0.05, 0.1) is 0 Å². The normalized spacial score (nSPS) is 24.8. The second kappa shape index (κ2) is 8.69. The van der Waals surface area contributed by atoms with Gasteiger partial charge in [-0.25, -0.2) is 0 Å². The maximum atomic E-state index is 12.9. The van der Waals surface area contributed by atoms with Crippen molar-refractivity contribution in [1.29, 1.82) is 0 Å². The molecule has 0 bridgehead atoms. The van der Waals surface area contributed by atoms with Gasteiger partial charge in [-0.3, -0.25) is 14.8 Å². The Labute approximate surface area is 161 Å². The molecule has 2 fully saturated rings. The van der Waals surface area contributed by atoms with E-state index in [0.717, 1.165) is 63.5 Å². The predicted molar refractivity (Wildman–Crippen MR) is 104 cm³/mol. The van der Waals surface area contributed by atoms with Gasteiger partial charge in [0.1, 0.15) is 0 Å². The van der Waals surface area contributed by atoms with E-state index in [4.69, 9.17) is 0 Å². The number of H-pyrrole nitrogens is 1. The van der Waals surface area contributed by atoms with Crippen LogP contribution in [0.1, 0.15) is 41.0 Å². The van der Waals surface area contributed by atoms with Crippen molar-refractivity contribution >= 4 is 18.3 Å². The van der Waals surface area contributed by atoms with E-state index in [1.807, 2.05) is 4.90 Å². The molecule has 26 heavy (non-hydrogen) atoms. The fourth-order valence-electron chi connectivity index (χ4n) is 4.36. The third-order valence-corrected chi connectivity index (χ3v) is 6.06. The third-order valence-electron chi connectivity index (χ3n) is 6.06. The number of amides is 1. The van der Waals surface area contributed by atoms with Crippen LogP contribution in [-0.4, -0.2) is 89.7 Å². The Morgan fingerprint density at radius 3 is 2.77 bits per heavy atom. The maximum Gasteiger partial charge on any atom is 0.274 e. The largest absolute Gasteiger partial charge is 0.335 e. The first-order valence-corrected chi connectivity index (χ1v) is 9.71. The summed E-state index contributed by atoms with van der Waals surface area (Å²) < 4.78 is 0. The number of aromatic amines is 1. The first-order valence-electron chi connectivity index (χ1n) is 9.71. The van der Waals surface area contributed by atoms with Gasteiger partial charge in [0.25, 0.3) is 5.91 Å². The highest BCUT2D eigenvalue weighted by atomic mass is 35.5. The summed E-state index contributed by atoms with van der Waals surface area (Å²) in [5.74, 6) is 0.0932. The highest BCUT2D eigenvalue weighted by Gasteiger charge is 2.29. The molecular weight excluding hydrogens is 352 g/mol. The molecule has 1 unspecified atom stereocenters. The standard InChI is InChI=1S/C18H30N6O.ClH/c1-22-7-3-2-4-14(22)13-23-8-10-24(11-9-23)18(25)17-15-12-19-6-5-16(15)20-21-17;/h14,19H,2-13H2,1H3,(H,20,21);1H. The smallest absolute Gasteiger partial charge is 0.274 e. The highest BCUT2D eigenvalue weighted by molar-refractivity contribution is 5.94. The van der Waals surface area contributed by atoms with Crippen LogP contribution in [-0.2, 0) is 13.0 Å². The number of nitrogens with zero attached hydrogens (tertiary/aromatic N) is 4. The number of carbonyl (C=O) groups excluding carboxylic acids is 1. The van der Waals surface area contributed by atoms with Gasteiger partial charge in [0.15, 0.2) is 5.69 Å². The molecule has 1 aromatic heterocycles. The molecule has 1 atom stereocenters. The number of likely N-dealkylation sites (N-methyl/N-ethyl adjacent to an activating group) is 1. The molecular formula is C18H31ClN6O. The van der Waals surface area contributed by atoms with E-state index in [0.29, 0.717) is 11.7 Å². The SMILES string of the molecule is CN1CCCCC1CN1CCN(C(=O)c2n[nH]c3c2CNCC3)CC1.Cl. The number of rotatable bonds is 3. The third kappa shape index (κ3) is 4.06. The summed E-state index contributed by atoms with van der Waals surface area (Å²) in [6.45, 7) is 7.64. The minimum atomic E-state index is 0. The van der Waals surface area contributed by atoms with E-state index in [9.17, 15) is 4.79 Å². The van der Waals surface area contributed by atoms with Crippen molar-refractivity contribution in [1.82, 2.24) is 30.2 Å². The topological polar surface area (TPSA) is 67.5 Å². The molecule has 0 spiro atoms. The molecule has 1 amide bonds. The molecule has 0 aliphatic carbocycles. The van der Waals surface area contributed by atoms with Crippen LogP contribution in [0.25, 0.3) is 0 Å². The van der Waals surface area contributed by atoms with Crippen LogP contribution < -0.4 is 5.32 Å². The summed E-state index contributed by atoms with van der Waals surface area (Å²) in [6.07, 6.45) is 4.92. The van der Waals surface area contributed by atoms with Crippen molar-refractivity contribution in [2.45, 2.75) is 38.3 Å². The first kappa shape index (κ1) is 19.6. The fourth-order valence-corrected chi connectivity index (χ4v) is 4.36. The molecule has 146 valence electrons. The molecule has 4 rings (SSSR count). The number of halogens is 1. The maximum absolute atomic E-state index is 12.9. The Morgan fingerprint density at radius 1 is 1.19 bits per heavy atom. The van der Waals surface area contributed by atoms with E-state index < -0.39 is 0 Å². The number of piperidine rings is 1. The Hall–Kier alpha value is -1.15. The summed E-state index contributed by atoms with van der Waals surface area (Å²) in [7, 11) is 2.25. The van der Waals surface area contributed by atoms with E-state index in [1.54, 1.807) is 0 Å². The van der Waals surface area contributed by atoms with Crippen molar-refractivity contribution in [2.75, 3.05) is 52.9 Å². The molecule has 8 heteroatoms. The molecule has 3 aliphatic heterocycles. The molecule has 2 saturated heterocycles. The molecule has 3 aliphatic rings. The summed E-state index contributed by atoms with van der Waals surface area (Å²) in [5, 5.41) is 10.7. The Bertz CT molecular complexity index is 613. The number of nitrogens with one attached hydrogen (secondary N) is 2. The van der Waals surface area contributed by atoms with Crippen LogP contribution in [0.3, 0.4) is 0 Å². The van der Waals surface area contributed by atoms with Crippen LogP contribution in [0.2, 0.25) is 0 Å². The van der Waals surface area contributed by atoms with Gasteiger partial charge in [0.2, 0.25) is 0 Å². The Balaban J connectivity index is 0.00000196. The van der Waals surface area contributed by atoms with E-state index in [2.05, 4.69) is 32.4 Å². The van der Waals surface area contributed by atoms with Crippen molar-refractivity contribution in [2.24, 2.45) is 0 Å². The van der Waals surface area contributed by atoms with Gasteiger partial charge in [-0.1, -0.05) is 6.42 Å². The number of hydrogen-bond donors (Lipinski definition) is 2. The van der Waals surface area contributed by atoms with Crippen molar-refractivity contribution in [3.8, 4) is 0 Å². The number of piperazine rings is 1. The molecule has 4 heterocycles. The van der Waals surface area contributed by atoms with E-state index in [-0.39, 0.29) is 18.3 Å². The monoisotopic (exact) mass is 382 g/mol. The lowest BCUT2D eigenvalue weighted by Crippen LogP contribution is -2.53. The molecule has 0 aromatic carbocycles. The molecule has 0 radical (unpaired) electrons. The van der Waals surface area contributed by atoms with Gasteiger partial charge < -0.3 is 15.1 Å². The quantitative estimate of drug-likeness (QED) is 0.806. The number of hydrogen-bond acceptors (Lipinski definition) is 5. The van der Waals surface area contributed by atoms with Gasteiger partial charge in [-0.2, -0.15) is 5.10 Å². The lowest BCUT2D eigenvalue weighted by molar-refractivity contribution is 0.0558. The van der Waals surface area contributed by atoms with E-state index >= 15 is 0 Å². The summed E-state index contributed by atoms with van der Waals surface area (Å²) >= 11 is 0. The van der Waals surface area contributed by atoms with Crippen LogP contribution in [0.15, 0.2) is 0 Å². The highest BCUT2D eigenvalue weighted by Crippen LogP contribution is 2.19. The molecule has 1 aromatic rings. The summed E-state index contributed by atoms with van der Waals surface area (Å²) in [6, 6.07) is 0.681. The zero-order valence-corrected chi connectivity index (χ0v) is 16.5. The summed E-state index contributed by atoms with van der Waals surface area (Å²) in [5.41, 5.74) is 2.83. The Kier molecular flexibility index (Phi) is 6.55.